The van der Waals surface area contributed by atoms with Gasteiger partial charge in [-0.3, -0.25) is 9.59 Å². The summed E-state index contributed by atoms with van der Waals surface area (Å²) in [5.74, 6) is 1.14. The van der Waals surface area contributed by atoms with Crippen LogP contribution in [0.2, 0.25) is 0 Å². The van der Waals surface area contributed by atoms with Crippen LogP contribution in [-0.4, -0.2) is 93.6 Å². The van der Waals surface area contributed by atoms with E-state index in [9.17, 15) is 19.2 Å². The number of ether oxygens (including phenoxy) is 2. The second-order valence-electron chi connectivity index (χ2n) is 15.4. The van der Waals surface area contributed by atoms with E-state index in [0.717, 1.165) is 100 Å². The number of hydrogen-bond donors (Lipinski definition) is 4. The smallest absolute Gasteiger partial charge is 0.407 e. The van der Waals surface area contributed by atoms with Gasteiger partial charge in [0.2, 0.25) is 11.8 Å². The zero-order chi connectivity index (χ0) is 39.8. The zero-order valence-electron chi connectivity index (χ0n) is 32.7. The van der Waals surface area contributed by atoms with Crippen LogP contribution in [-0.2, 0) is 31.9 Å². The van der Waals surface area contributed by atoms with Gasteiger partial charge >= 0.3 is 12.2 Å². The van der Waals surface area contributed by atoms with Crippen LogP contribution in [0.5, 0.6) is 0 Å². The first-order chi connectivity index (χ1) is 27.6. The zero-order valence-corrected chi connectivity index (χ0v) is 32.7. The highest BCUT2D eigenvalue weighted by atomic mass is 16.5. The van der Waals surface area contributed by atoms with Crippen molar-refractivity contribution in [1.29, 1.82) is 0 Å². The van der Waals surface area contributed by atoms with Gasteiger partial charge in [0.05, 0.1) is 49.6 Å². The minimum Gasteiger partial charge on any atom is -0.453 e. The lowest BCUT2D eigenvalue weighted by Gasteiger charge is -2.30. The van der Waals surface area contributed by atoms with Gasteiger partial charge < -0.3 is 39.9 Å². The number of carbonyl (C=O) groups excluding carboxylic acids is 4. The number of aryl methyl sites for hydroxylation is 2. The molecule has 2 aliphatic heterocycles. The molecule has 4 heterocycles. The monoisotopic (exact) mass is 772 g/mol. The Hall–Kier alpha value is -6.18. The Morgan fingerprint density at radius 2 is 1.47 bits per heavy atom. The molecule has 14 heteroatoms. The fourth-order valence-corrected chi connectivity index (χ4v) is 8.58. The molecule has 0 saturated carbocycles. The minimum absolute atomic E-state index is 0.0976. The van der Waals surface area contributed by atoms with Crippen molar-refractivity contribution in [2.75, 3.05) is 33.9 Å². The van der Waals surface area contributed by atoms with E-state index in [0.29, 0.717) is 13.1 Å². The molecule has 0 bridgehead atoms. The maximum Gasteiger partial charge on any atom is 0.407 e. The molecule has 3 aromatic carbocycles. The number of amides is 4. The molecule has 2 fully saturated rings. The molecular weight excluding hydrogens is 725 g/mol. The third-order valence-electron chi connectivity index (χ3n) is 11.6. The number of likely N-dealkylation sites (tertiary alicyclic amines) is 2. The summed E-state index contributed by atoms with van der Waals surface area (Å²) in [6.45, 7) is 4.94. The van der Waals surface area contributed by atoms with E-state index in [2.05, 4.69) is 84.9 Å². The molecule has 3 aliphatic rings. The van der Waals surface area contributed by atoms with Crippen molar-refractivity contribution in [2.45, 2.75) is 70.5 Å². The second-order valence-corrected chi connectivity index (χ2v) is 15.4. The molecule has 5 aromatic rings. The lowest BCUT2D eigenvalue weighted by molar-refractivity contribution is -0.135. The third-order valence-corrected chi connectivity index (χ3v) is 11.6. The van der Waals surface area contributed by atoms with Gasteiger partial charge in [0, 0.05) is 24.2 Å². The average Bonchev–Trinajstić information content (AvgIpc) is 4.07. The summed E-state index contributed by atoms with van der Waals surface area (Å²) < 4.78 is 9.39. The summed E-state index contributed by atoms with van der Waals surface area (Å²) in [7, 11) is 2.57. The molecule has 0 radical (unpaired) electrons. The van der Waals surface area contributed by atoms with E-state index in [4.69, 9.17) is 9.72 Å². The molecule has 0 spiro atoms. The summed E-state index contributed by atoms with van der Waals surface area (Å²) in [4.78, 5) is 70.4. The first kappa shape index (κ1) is 37.7. The van der Waals surface area contributed by atoms with E-state index >= 15 is 0 Å². The summed E-state index contributed by atoms with van der Waals surface area (Å²) in [6, 6.07) is 18.5. The van der Waals surface area contributed by atoms with E-state index in [1.807, 2.05) is 24.9 Å². The summed E-state index contributed by atoms with van der Waals surface area (Å²) >= 11 is 0. The number of nitrogens with zero attached hydrogens (tertiary/aromatic N) is 4. The predicted octanol–water partition coefficient (Wildman–Crippen LogP) is 6.45. The number of nitrogens with one attached hydrogen (secondary N) is 4. The highest BCUT2D eigenvalue weighted by Gasteiger charge is 2.38. The van der Waals surface area contributed by atoms with Crippen LogP contribution >= 0.6 is 0 Å². The third kappa shape index (κ3) is 7.43. The molecule has 4 N–H and O–H groups in total. The number of carbonyl (C=O) groups is 4. The van der Waals surface area contributed by atoms with Crippen LogP contribution in [0.1, 0.15) is 74.5 Å². The lowest BCUT2D eigenvalue weighted by Crippen LogP contribution is -2.51. The maximum absolute atomic E-state index is 13.7. The predicted molar refractivity (Wildman–Crippen MR) is 214 cm³/mol. The number of alkyl carbamates (subject to hydrolysis) is 2. The van der Waals surface area contributed by atoms with Gasteiger partial charge in [-0.05, 0) is 84.0 Å². The molecule has 14 nitrogen and oxygen atoms in total. The number of benzene rings is 3. The highest BCUT2D eigenvalue weighted by Crippen LogP contribution is 2.39. The Morgan fingerprint density at radius 1 is 0.807 bits per heavy atom. The Balaban J connectivity index is 0.975. The van der Waals surface area contributed by atoms with Crippen molar-refractivity contribution in [3.63, 3.8) is 0 Å². The fraction of sp³-hybridized carbons (Fsp3) is 0.395. The second kappa shape index (κ2) is 15.8. The van der Waals surface area contributed by atoms with E-state index < -0.39 is 18.2 Å². The number of rotatable bonds is 9. The normalized spacial score (nSPS) is 18.0. The van der Waals surface area contributed by atoms with Gasteiger partial charge in [0.25, 0.3) is 0 Å². The Labute approximate surface area is 330 Å². The topological polar surface area (TPSA) is 175 Å². The molecule has 2 aromatic heterocycles. The minimum atomic E-state index is -0.679. The number of H-pyrrole nitrogens is 2. The first-order valence-corrected chi connectivity index (χ1v) is 19.7. The van der Waals surface area contributed by atoms with Crippen LogP contribution in [0.3, 0.4) is 0 Å². The summed E-state index contributed by atoms with van der Waals surface area (Å²) in [5.41, 5.74) is 8.57. The van der Waals surface area contributed by atoms with Crippen LogP contribution in [0.25, 0.3) is 44.4 Å². The Kier molecular flexibility index (Phi) is 10.4. The van der Waals surface area contributed by atoms with Gasteiger partial charge in [-0.15, -0.1) is 0 Å². The van der Waals surface area contributed by atoms with Gasteiger partial charge in [-0.25, -0.2) is 19.6 Å². The van der Waals surface area contributed by atoms with Crippen molar-refractivity contribution in [1.82, 2.24) is 40.4 Å². The summed E-state index contributed by atoms with van der Waals surface area (Å²) in [6.07, 6.45) is 5.57. The van der Waals surface area contributed by atoms with Gasteiger partial charge in [-0.2, -0.15) is 0 Å². The molecule has 0 unspecified atom stereocenters. The van der Waals surface area contributed by atoms with Crippen molar-refractivity contribution in [3.05, 3.63) is 83.7 Å². The molecule has 1 aliphatic carbocycles. The van der Waals surface area contributed by atoms with E-state index in [1.54, 1.807) is 4.90 Å². The molecule has 2 saturated heterocycles. The van der Waals surface area contributed by atoms with Crippen LogP contribution < -0.4 is 10.6 Å². The van der Waals surface area contributed by atoms with Gasteiger partial charge in [-0.1, -0.05) is 56.3 Å². The van der Waals surface area contributed by atoms with Gasteiger partial charge in [0.15, 0.2) is 0 Å². The number of imidazole rings is 2. The van der Waals surface area contributed by atoms with E-state index in [-0.39, 0.29) is 36.4 Å². The van der Waals surface area contributed by atoms with Crippen LogP contribution in [0.4, 0.5) is 9.59 Å². The number of aromatic amines is 2. The number of hydrogen-bond acceptors (Lipinski definition) is 8. The molecule has 8 rings (SSSR count). The quantitative estimate of drug-likeness (QED) is 0.132. The number of methoxy groups -OCH3 is 2. The SMILES string of the molecule is COC(=O)NCC(=O)N1CCC[C@H]1c1ncc(-c2ccc3cc(-c4ccc5c(c4)CCc4nc([C@@H]6CCCN6C(=O)[C@@H](NC(=O)OC)C(C)C)[nH]c4-5)ccc3c2)[nH]1. The Bertz CT molecular complexity index is 2350. The average molecular weight is 773 g/mol. The maximum atomic E-state index is 13.7. The number of aromatic nitrogens is 4. The van der Waals surface area contributed by atoms with E-state index in [1.165, 1.54) is 19.8 Å². The number of fused-ring (bicyclic) bond motifs is 4. The lowest BCUT2D eigenvalue weighted by atomic mass is 9.89. The molecule has 57 heavy (non-hydrogen) atoms. The fourth-order valence-electron chi connectivity index (χ4n) is 8.58. The first-order valence-electron chi connectivity index (χ1n) is 19.7. The largest absolute Gasteiger partial charge is 0.453 e. The molecule has 3 atom stereocenters. The van der Waals surface area contributed by atoms with Gasteiger partial charge in [0.1, 0.15) is 24.2 Å². The van der Waals surface area contributed by atoms with Crippen LogP contribution in [0, 0.1) is 5.92 Å². The molecule has 296 valence electrons. The van der Waals surface area contributed by atoms with Crippen molar-refractivity contribution < 1.29 is 28.7 Å². The molecule has 4 amide bonds. The molecular formula is C43H48N8O6. The highest BCUT2D eigenvalue weighted by molar-refractivity contribution is 5.91. The summed E-state index contributed by atoms with van der Waals surface area (Å²) in [5, 5.41) is 7.43. The standard InChI is InChI=1S/C43H48N8O6/c1-24(2)37(49-43(55)57-4)41(53)51-18-6-8-35(51)40-46-32-16-14-29-20-28(13-15-31(29)38(32)48-40)25-9-10-27-21-30(12-11-26(27)19-25)33-22-44-39(47-33)34-7-5-17-50(34)36(52)23-45-42(54)56-3/h9-13,15,19-22,24,34-35,37H,5-8,14,16-18,23H2,1-4H3,(H,44,47)(H,45,54)(H,46,48)(H,49,55)/t34-,35-,37-/m0/s1. The van der Waals surface area contributed by atoms with Crippen LogP contribution in [0.15, 0.2) is 60.8 Å². The van der Waals surface area contributed by atoms with Crippen molar-refractivity contribution in [3.8, 4) is 33.6 Å². The Morgan fingerprint density at radius 3 is 2.21 bits per heavy atom. The van der Waals surface area contributed by atoms with Crippen molar-refractivity contribution in [2.24, 2.45) is 5.92 Å². The van der Waals surface area contributed by atoms with Crippen molar-refractivity contribution >= 4 is 34.8 Å².